The molecule has 0 bridgehead atoms. The van der Waals surface area contributed by atoms with E-state index >= 15 is 0 Å². The molecule has 1 aliphatic rings. The van der Waals surface area contributed by atoms with Crippen LogP contribution in [0.25, 0.3) is 0 Å². The number of hydrogen-bond donors (Lipinski definition) is 0. The molecule has 0 amide bonds. The third kappa shape index (κ3) is 6.26. The third-order valence-electron chi connectivity index (χ3n) is 8.47. The van der Waals surface area contributed by atoms with Crippen LogP contribution < -0.4 is 0 Å². The van der Waals surface area contributed by atoms with Crippen LogP contribution in [0.4, 0.5) is 0 Å². The number of carbonyl (C=O) groups excluding carboxylic acids is 1. The lowest BCUT2D eigenvalue weighted by Crippen LogP contribution is -2.58. The largest absolute Gasteiger partial charge is 0.462 e. The van der Waals surface area contributed by atoms with E-state index in [4.69, 9.17) is 13.6 Å². The maximum Gasteiger partial charge on any atom is 0.333 e. The van der Waals surface area contributed by atoms with Gasteiger partial charge in [0.2, 0.25) is 8.32 Å². The fourth-order valence-electron chi connectivity index (χ4n) is 5.32. The number of ether oxygens (including phenoxy) is 1. The average Bonchev–Trinajstić information content (AvgIpc) is 3.15. The standard InChI is InChI=1S/C25H52O4Si3/c1-13-16-19-30(8,9)24(7,14-2)28-32(12)22(6)25(32,15-3)29-31(10,11)20-17-18-27-23(26)21(4)5/h22H,4,13-20H2,1-3,5-12H3. The predicted molar refractivity (Wildman–Crippen MR) is 145 cm³/mol. The molecule has 4 unspecified atom stereocenters. The van der Waals surface area contributed by atoms with Crippen molar-refractivity contribution in [3.63, 3.8) is 0 Å². The summed E-state index contributed by atoms with van der Waals surface area (Å²) in [6.45, 7) is 29.5. The molecular formula is C25H52O4Si3. The molecule has 0 radical (unpaired) electrons. The van der Waals surface area contributed by atoms with E-state index in [1.54, 1.807) is 6.92 Å². The molecule has 32 heavy (non-hydrogen) atoms. The van der Waals surface area contributed by atoms with Crippen LogP contribution in [0.15, 0.2) is 12.2 Å². The SMILES string of the molecule is C=C(C)C(=O)OCCC[Si](C)(C)OC1(CC)C(C)[Si]1(C)OC(C)(CC)[Si](C)(C)CCCC. The summed E-state index contributed by atoms with van der Waals surface area (Å²) >= 11 is 0. The Morgan fingerprint density at radius 2 is 1.72 bits per heavy atom. The molecule has 188 valence electrons. The molecule has 0 spiro atoms. The first kappa shape index (κ1) is 29.8. The Hall–Kier alpha value is -0.219. The monoisotopic (exact) mass is 500 g/mol. The maximum atomic E-state index is 11.6. The van der Waals surface area contributed by atoms with Gasteiger partial charge in [0.1, 0.15) is 0 Å². The molecule has 1 aliphatic heterocycles. The first-order valence-corrected chi connectivity index (χ1v) is 21.6. The summed E-state index contributed by atoms with van der Waals surface area (Å²) in [7, 11) is -5.51. The minimum Gasteiger partial charge on any atom is -0.462 e. The second kappa shape index (κ2) is 11.0. The number of hydrogen-bond acceptors (Lipinski definition) is 4. The molecule has 1 rings (SSSR count). The minimum absolute atomic E-state index is 0.000129. The molecule has 0 aliphatic carbocycles. The number of rotatable bonds is 15. The fraction of sp³-hybridized carbons (Fsp3) is 0.880. The highest BCUT2D eigenvalue weighted by Crippen LogP contribution is 2.65. The lowest BCUT2D eigenvalue weighted by atomic mass is 10.2. The fourth-order valence-corrected chi connectivity index (χ4v) is 18.7. The molecule has 0 aromatic heterocycles. The number of unbranched alkanes of at least 4 members (excludes halogenated alkanes) is 1. The lowest BCUT2D eigenvalue weighted by molar-refractivity contribution is -0.138. The van der Waals surface area contributed by atoms with Crippen molar-refractivity contribution in [1.82, 2.24) is 0 Å². The highest BCUT2D eigenvalue weighted by molar-refractivity contribution is 6.91. The lowest BCUT2D eigenvalue weighted by Gasteiger charge is -2.46. The van der Waals surface area contributed by atoms with Gasteiger partial charge in [0.15, 0.2) is 8.32 Å². The Labute approximate surface area is 202 Å². The van der Waals surface area contributed by atoms with Crippen LogP contribution in [0.5, 0.6) is 0 Å². The van der Waals surface area contributed by atoms with E-state index in [0.29, 0.717) is 17.7 Å². The van der Waals surface area contributed by atoms with Crippen molar-refractivity contribution in [3.05, 3.63) is 12.2 Å². The maximum absolute atomic E-state index is 11.6. The van der Waals surface area contributed by atoms with Crippen molar-refractivity contribution in [2.75, 3.05) is 6.61 Å². The highest BCUT2D eigenvalue weighted by atomic mass is 28.4. The minimum atomic E-state index is -2.04. The second-order valence-corrected chi connectivity index (χ2v) is 25.3. The highest BCUT2D eigenvalue weighted by Gasteiger charge is 2.78. The van der Waals surface area contributed by atoms with Crippen molar-refractivity contribution < 1.29 is 18.4 Å². The van der Waals surface area contributed by atoms with Gasteiger partial charge in [-0.2, -0.15) is 0 Å². The molecule has 0 aromatic carbocycles. The van der Waals surface area contributed by atoms with Gasteiger partial charge in [-0.25, -0.2) is 4.79 Å². The van der Waals surface area contributed by atoms with Crippen LogP contribution in [0, 0.1) is 0 Å². The Bertz CT molecular complexity index is 666. The molecule has 0 aromatic rings. The first-order valence-electron chi connectivity index (χ1n) is 12.8. The molecule has 1 heterocycles. The second-order valence-electron chi connectivity index (χ2n) is 11.6. The van der Waals surface area contributed by atoms with Crippen molar-refractivity contribution >= 4 is 30.7 Å². The van der Waals surface area contributed by atoms with Crippen LogP contribution in [-0.4, -0.2) is 47.7 Å². The van der Waals surface area contributed by atoms with Crippen molar-refractivity contribution in [1.29, 1.82) is 0 Å². The molecule has 4 atom stereocenters. The molecule has 4 nitrogen and oxygen atoms in total. The molecule has 0 N–H and O–H groups in total. The van der Waals surface area contributed by atoms with E-state index in [1.807, 2.05) is 0 Å². The molecule has 0 saturated carbocycles. The average molecular weight is 501 g/mol. The van der Waals surface area contributed by atoms with Gasteiger partial charge in [-0.05, 0) is 58.8 Å². The summed E-state index contributed by atoms with van der Waals surface area (Å²) < 4.78 is 19.7. The molecule has 7 heteroatoms. The number of esters is 1. The Morgan fingerprint density at radius 1 is 1.12 bits per heavy atom. The van der Waals surface area contributed by atoms with Gasteiger partial charge < -0.3 is 13.6 Å². The quantitative estimate of drug-likeness (QED) is 0.100. The third-order valence-corrected chi connectivity index (χ3v) is 21.5. The first-order chi connectivity index (χ1) is 14.6. The van der Waals surface area contributed by atoms with Gasteiger partial charge in [0.05, 0.1) is 19.9 Å². The van der Waals surface area contributed by atoms with E-state index in [1.165, 1.54) is 18.9 Å². The van der Waals surface area contributed by atoms with Crippen LogP contribution >= 0.6 is 0 Å². The summed E-state index contributed by atoms with van der Waals surface area (Å²) in [5.41, 5.74) is 0.965. The van der Waals surface area contributed by atoms with E-state index in [2.05, 4.69) is 73.9 Å². The molecular weight excluding hydrogens is 449 g/mol. The molecule has 1 saturated heterocycles. The summed E-state index contributed by atoms with van der Waals surface area (Å²) in [6, 6.07) is 2.31. The van der Waals surface area contributed by atoms with Crippen LogP contribution in [0.2, 0.25) is 50.4 Å². The summed E-state index contributed by atoms with van der Waals surface area (Å²) in [5, 5.41) is -0.0805. The topological polar surface area (TPSA) is 44.8 Å². The molecule has 1 fully saturated rings. The zero-order valence-electron chi connectivity index (χ0n) is 23.1. The van der Waals surface area contributed by atoms with E-state index in [-0.39, 0.29) is 16.4 Å². The smallest absolute Gasteiger partial charge is 0.333 e. The Kier molecular flexibility index (Phi) is 10.3. The number of carbonyl (C=O) groups is 1. The van der Waals surface area contributed by atoms with Gasteiger partial charge in [0.25, 0.3) is 0 Å². The van der Waals surface area contributed by atoms with Crippen LogP contribution in [0.1, 0.15) is 73.6 Å². The Balaban J connectivity index is 2.91. The van der Waals surface area contributed by atoms with Gasteiger partial charge in [-0.1, -0.05) is 66.3 Å². The zero-order valence-corrected chi connectivity index (χ0v) is 26.1. The van der Waals surface area contributed by atoms with Gasteiger partial charge >= 0.3 is 5.97 Å². The van der Waals surface area contributed by atoms with Crippen molar-refractivity contribution in [3.8, 4) is 0 Å². The van der Waals surface area contributed by atoms with Gasteiger partial charge in [-0.15, -0.1) is 0 Å². The van der Waals surface area contributed by atoms with Gasteiger partial charge in [-0.3, -0.25) is 0 Å². The van der Waals surface area contributed by atoms with Gasteiger partial charge in [0, 0.05) is 16.3 Å². The Morgan fingerprint density at radius 3 is 2.19 bits per heavy atom. The summed E-state index contributed by atoms with van der Waals surface area (Å²) in [6.07, 6.45) is 5.51. The van der Waals surface area contributed by atoms with Crippen LogP contribution in [-0.2, 0) is 18.4 Å². The van der Waals surface area contributed by atoms with Crippen molar-refractivity contribution in [2.45, 2.75) is 134 Å². The normalized spacial score (nSPS) is 27.7. The predicted octanol–water partition coefficient (Wildman–Crippen LogP) is 7.62. The zero-order chi connectivity index (χ0) is 25.0. The van der Waals surface area contributed by atoms with E-state index < -0.39 is 24.7 Å². The van der Waals surface area contributed by atoms with E-state index in [9.17, 15) is 4.79 Å². The summed E-state index contributed by atoms with van der Waals surface area (Å²) in [5.74, 6) is -0.298. The summed E-state index contributed by atoms with van der Waals surface area (Å²) in [4.78, 5) is 11.6. The van der Waals surface area contributed by atoms with Crippen LogP contribution in [0.3, 0.4) is 0 Å². The van der Waals surface area contributed by atoms with Crippen molar-refractivity contribution in [2.24, 2.45) is 0 Å². The van der Waals surface area contributed by atoms with E-state index in [0.717, 1.165) is 25.3 Å².